The fraction of sp³-hybridized carbons (Fsp3) is 0.348. The molecule has 2 nitrogen and oxygen atoms in total. The van der Waals surface area contributed by atoms with E-state index in [0.717, 1.165) is 43.5 Å². The summed E-state index contributed by atoms with van der Waals surface area (Å²) in [7, 11) is 2.09. The number of hydrogen-bond donors (Lipinski definition) is 0. The Morgan fingerprint density at radius 3 is 2.12 bits per heavy atom. The van der Waals surface area contributed by atoms with Gasteiger partial charge in [-0.2, -0.15) is 0 Å². The standard InChI is InChI=1S/C23H29NO.ClH/c1-4-6-7-8-23(25)22-15-13-21(14-16-22)20-11-9-19(10-12-20)18-24(3)17-5-2;/h5,9-16H,2,4,6-8,17-18H2,1,3H3;1H. The molecule has 0 N–H and O–H groups in total. The van der Waals surface area contributed by atoms with Gasteiger partial charge in [-0.1, -0.05) is 74.4 Å². The maximum Gasteiger partial charge on any atom is 0.162 e. The Hall–Kier alpha value is -1.90. The number of rotatable bonds is 10. The summed E-state index contributed by atoms with van der Waals surface area (Å²) in [5.41, 5.74) is 4.44. The number of benzene rings is 2. The molecule has 0 saturated heterocycles. The predicted octanol–water partition coefficient (Wildman–Crippen LogP) is 6.16. The number of hydrogen-bond acceptors (Lipinski definition) is 2. The van der Waals surface area contributed by atoms with E-state index in [9.17, 15) is 4.79 Å². The number of carbonyl (C=O) groups excluding carboxylic acids is 1. The van der Waals surface area contributed by atoms with Gasteiger partial charge in [0.25, 0.3) is 0 Å². The van der Waals surface area contributed by atoms with Crippen LogP contribution in [0.2, 0.25) is 0 Å². The number of likely N-dealkylation sites (N-methyl/N-ethyl adjacent to an activating group) is 1. The van der Waals surface area contributed by atoms with E-state index in [2.05, 4.69) is 49.7 Å². The molecule has 0 aliphatic carbocycles. The van der Waals surface area contributed by atoms with Crippen molar-refractivity contribution in [3.05, 3.63) is 72.3 Å². The van der Waals surface area contributed by atoms with Crippen molar-refractivity contribution in [3.63, 3.8) is 0 Å². The second-order valence-corrected chi connectivity index (χ2v) is 6.64. The van der Waals surface area contributed by atoms with Gasteiger partial charge in [-0.3, -0.25) is 9.69 Å². The van der Waals surface area contributed by atoms with Crippen molar-refractivity contribution in [3.8, 4) is 11.1 Å². The minimum absolute atomic E-state index is 0. The molecule has 2 aromatic rings. The van der Waals surface area contributed by atoms with E-state index >= 15 is 0 Å². The summed E-state index contributed by atoms with van der Waals surface area (Å²) in [6, 6.07) is 16.6. The van der Waals surface area contributed by atoms with Gasteiger partial charge in [0, 0.05) is 25.1 Å². The van der Waals surface area contributed by atoms with E-state index < -0.39 is 0 Å². The highest BCUT2D eigenvalue weighted by atomic mass is 35.5. The molecule has 0 unspecified atom stereocenters. The van der Waals surface area contributed by atoms with Gasteiger partial charge in [0.1, 0.15) is 0 Å². The first-order valence-corrected chi connectivity index (χ1v) is 9.16. The lowest BCUT2D eigenvalue weighted by Crippen LogP contribution is -2.17. The molecule has 2 aromatic carbocycles. The smallest absolute Gasteiger partial charge is 0.162 e. The SMILES string of the molecule is C=CCN(C)Cc1ccc(-c2ccc(C(=O)CCCCC)cc2)cc1.Cl. The minimum atomic E-state index is 0. The van der Waals surface area contributed by atoms with Crippen LogP contribution in [0.4, 0.5) is 0 Å². The van der Waals surface area contributed by atoms with E-state index in [1.54, 1.807) is 0 Å². The maximum absolute atomic E-state index is 12.2. The predicted molar refractivity (Wildman–Crippen MR) is 114 cm³/mol. The highest BCUT2D eigenvalue weighted by Crippen LogP contribution is 2.21. The molecule has 0 aliphatic heterocycles. The Kier molecular flexibility index (Phi) is 9.93. The lowest BCUT2D eigenvalue weighted by atomic mass is 9.99. The molecule has 0 fully saturated rings. The molecule has 0 aliphatic rings. The maximum atomic E-state index is 12.2. The molecule has 3 heteroatoms. The van der Waals surface area contributed by atoms with Crippen LogP contribution < -0.4 is 0 Å². The van der Waals surface area contributed by atoms with Crippen LogP contribution in [-0.4, -0.2) is 24.3 Å². The summed E-state index contributed by atoms with van der Waals surface area (Å²) >= 11 is 0. The second kappa shape index (κ2) is 11.7. The third kappa shape index (κ3) is 6.78. The van der Waals surface area contributed by atoms with Crippen molar-refractivity contribution in [2.75, 3.05) is 13.6 Å². The minimum Gasteiger partial charge on any atom is -0.298 e. The van der Waals surface area contributed by atoms with Crippen LogP contribution in [0.1, 0.15) is 48.5 Å². The first-order chi connectivity index (χ1) is 12.1. The third-order valence-electron chi connectivity index (χ3n) is 4.39. The lowest BCUT2D eigenvalue weighted by Gasteiger charge is -2.14. The number of Topliss-reactive ketones (excluding diaryl/α,β-unsaturated/α-hetero) is 1. The van der Waals surface area contributed by atoms with Gasteiger partial charge < -0.3 is 0 Å². The van der Waals surface area contributed by atoms with E-state index in [1.807, 2.05) is 30.3 Å². The summed E-state index contributed by atoms with van der Waals surface area (Å²) in [4.78, 5) is 14.4. The van der Waals surface area contributed by atoms with Crippen molar-refractivity contribution in [1.29, 1.82) is 0 Å². The van der Waals surface area contributed by atoms with Crippen LogP contribution in [0, 0.1) is 0 Å². The Morgan fingerprint density at radius 1 is 1.00 bits per heavy atom. The molecule has 0 aromatic heterocycles. The van der Waals surface area contributed by atoms with Crippen molar-refractivity contribution in [1.82, 2.24) is 4.90 Å². The average Bonchev–Trinajstić information content (AvgIpc) is 2.63. The van der Waals surface area contributed by atoms with Crippen LogP contribution in [0.3, 0.4) is 0 Å². The molecule has 0 spiro atoms. The van der Waals surface area contributed by atoms with Crippen LogP contribution in [0.15, 0.2) is 61.2 Å². The van der Waals surface area contributed by atoms with Crippen LogP contribution in [-0.2, 0) is 6.54 Å². The molecule has 0 atom stereocenters. The van der Waals surface area contributed by atoms with Crippen LogP contribution >= 0.6 is 12.4 Å². The van der Waals surface area contributed by atoms with Gasteiger partial charge in [-0.05, 0) is 30.2 Å². The highest BCUT2D eigenvalue weighted by molar-refractivity contribution is 5.96. The van der Waals surface area contributed by atoms with Gasteiger partial charge in [0.15, 0.2) is 5.78 Å². The monoisotopic (exact) mass is 371 g/mol. The largest absolute Gasteiger partial charge is 0.298 e. The van der Waals surface area contributed by atoms with Crippen LogP contribution in [0.5, 0.6) is 0 Å². The zero-order chi connectivity index (χ0) is 18.1. The molecule has 2 rings (SSSR count). The zero-order valence-electron chi connectivity index (χ0n) is 15.9. The van der Waals surface area contributed by atoms with Gasteiger partial charge in [0.2, 0.25) is 0 Å². The Balaban J connectivity index is 0.00000338. The van der Waals surface area contributed by atoms with Crippen molar-refractivity contribution < 1.29 is 4.79 Å². The molecular formula is C23H30ClNO. The quantitative estimate of drug-likeness (QED) is 0.283. The fourth-order valence-corrected chi connectivity index (χ4v) is 2.93. The topological polar surface area (TPSA) is 20.3 Å². The van der Waals surface area contributed by atoms with Gasteiger partial charge in [-0.25, -0.2) is 0 Å². The molecular weight excluding hydrogens is 342 g/mol. The van der Waals surface area contributed by atoms with Crippen molar-refractivity contribution in [2.24, 2.45) is 0 Å². The fourth-order valence-electron chi connectivity index (χ4n) is 2.93. The summed E-state index contributed by atoms with van der Waals surface area (Å²) in [6.07, 6.45) is 5.82. The molecule has 26 heavy (non-hydrogen) atoms. The van der Waals surface area contributed by atoms with Crippen molar-refractivity contribution >= 4 is 18.2 Å². The number of unbranched alkanes of at least 4 members (excludes halogenated alkanes) is 2. The van der Waals surface area contributed by atoms with Gasteiger partial charge in [0.05, 0.1) is 0 Å². The molecule has 0 heterocycles. The zero-order valence-corrected chi connectivity index (χ0v) is 16.7. The summed E-state index contributed by atoms with van der Waals surface area (Å²) in [5, 5.41) is 0. The third-order valence-corrected chi connectivity index (χ3v) is 4.39. The number of nitrogens with zero attached hydrogens (tertiary/aromatic N) is 1. The Labute approximate surface area is 164 Å². The summed E-state index contributed by atoms with van der Waals surface area (Å²) in [6.45, 7) is 7.72. The van der Waals surface area contributed by atoms with E-state index in [4.69, 9.17) is 0 Å². The highest BCUT2D eigenvalue weighted by Gasteiger charge is 2.06. The van der Waals surface area contributed by atoms with E-state index in [1.165, 1.54) is 11.1 Å². The summed E-state index contributed by atoms with van der Waals surface area (Å²) in [5.74, 6) is 0.251. The first kappa shape index (κ1) is 22.1. The first-order valence-electron chi connectivity index (χ1n) is 9.16. The van der Waals surface area contributed by atoms with E-state index in [-0.39, 0.29) is 18.2 Å². The molecule has 0 saturated carbocycles. The molecule has 0 bridgehead atoms. The normalized spacial score (nSPS) is 10.4. The lowest BCUT2D eigenvalue weighted by molar-refractivity contribution is 0.0979. The van der Waals surface area contributed by atoms with Crippen molar-refractivity contribution in [2.45, 2.75) is 39.2 Å². The number of carbonyl (C=O) groups is 1. The Morgan fingerprint density at radius 2 is 1.58 bits per heavy atom. The number of ketones is 1. The number of halogens is 1. The summed E-state index contributed by atoms with van der Waals surface area (Å²) < 4.78 is 0. The van der Waals surface area contributed by atoms with Gasteiger partial charge in [-0.15, -0.1) is 19.0 Å². The molecule has 0 radical (unpaired) electrons. The van der Waals surface area contributed by atoms with E-state index in [0.29, 0.717) is 6.42 Å². The molecule has 0 amide bonds. The average molecular weight is 372 g/mol. The molecule has 140 valence electrons. The van der Waals surface area contributed by atoms with Crippen LogP contribution in [0.25, 0.3) is 11.1 Å². The Bertz CT molecular complexity index is 676. The van der Waals surface area contributed by atoms with Gasteiger partial charge >= 0.3 is 0 Å². The second-order valence-electron chi connectivity index (χ2n) is 6.64.